The number of thioether (sulfide) groups is 1. The van der Waals surface area contributed by atoms with Gasteiger partial charge >= 0.3 is 0 Å². The van der Waals surface area contributed by atoms with Crippen LogP contribution in [-0.4, -0.2) is 39.4 Å². The van der Waals surface area contributed by atoms with E-state index >= 15 is 0 Å². The molecule has 0 saturated heterocycles. The van der Waals surface area contributed by atoms with Crippen LogP contribution in [0.4, 0.5) is 11.4 Å². The van der Waals surface area contributed by atoms with E-state index in [1.165, 1.54) is 11.8 Å². The molecule has 0 aliphatic rings. The predicted molar refractivity (Wildman–Crippen MR) is 126 cm³/mol. The molecule has 0 radical (unpaired) electrons. The van der Waals surface area contributed by atoms with Crippen LogP contribution in [0, 0.1) is 6.92 Å². The number of benzene rings is 2. The van der Waals surface area contributed by atoms with Crippen molar-refractivity contribution in [2.45, 2.75) is 25.0 Å². The summed E-state index contributed by atoms with van der Waals surface area (Å²) in [5.74, 6) is 1.01. The maximum atomic E-state index is 12.5. The molecule has 0 aliphatic heterocycles. The van der Waals surface area contributed by atoms with E-state index < -0.39 is 0 Å². The lowest BCUT2D eigenvalue weighted by molar-refractivity contribution is -0.116. The fraction of sp³-hybridized carbons (Fsp3) is 0.217. The first kappa shape index (κ1) is 23.1. The maximum absolute atomic E-state index is 12.5. The van der Waals surface area contributed by atoms with Gasteiger partial charge in [-0.1, -0.05) is 35.5 Å². The standard InChI is InChI=1S/C23H25N5O3S/c1-4-13-28-20(14-21(29)24-18-9-11-19(31-3)12-10-18)26-27-23(28)32-15-22(30)25-17-7-5-16(2)6-8-17/h4-12H,1,13-15H2,2-3H3,(H,24,29)(H,25,30). The number of rotatable bonds is 10. The molecule has 0 atom stereocenters. The van der Waals surface area contributed by atoms with E-state index in [9.17, 15) is 9.59 Å². The SMILES string of the molecule is C=CCn1c(CC(=O)Nc2ccc(OC)cc2)nnc1SCC(=O)Nc1ccc(C)cc1. The molecule has 0 aliphatic carbocycles. The van der Waals surface area contributed by atoms with E-state index in [4.69, 9.17) is 4.74 Å². The van der Waals surface area contributed by atoms with Crippen LogP contribution in [0.15, 0.2) is 66.3 Å². The van der Waals surface area contributed by atoms with Crippen molar-refractivity contribution in [2.75, 3.05) is 23.5 Å². The zero-order valence-electron chi connectivity index (χ0n) is 18.0. The van der Waals surface area contributed by atoms with Gasteiger partial charge in [-0.2, -0.15) is 0 Å². The van der Waals surface area contributed by atoms with Crippen LogP contribution in [0.3, 0.4) is 0 Å². The van der Waals surface area contributed by atoms with Gasteiger partial charge in [-0.3, -0.25) is 9.59 Å². The Hall–Kier alpha value is -3.59. The van der Waals surface area contributed by atoms with Crippen LogP contribution >= 0.6 is 11.8 Å². The van der Waals surface area contributed by atoms with E-state index in [2.05, 4.69) is 27.4 Å². The van der Waals surface area contributed by atoms with Crippen LogP contribution in [-0.2, 0) is 22.6 Å². The summed E-state index contributed by atoms with van der Waals surface area (Å²) in [5.41, 5.74) is 2.52. The molecule has 3 aromatic rings. The van der Waals surface area contributed by atoms with E-state index in [-0.39, 0.29) is 24.0 Å². The van der Waals surface area contributed by atoms with Crippen LogP contribution in [0.5, 0.6) is 5.75 Å². The molecule has 9 heteroatoms. The highest BCUT2D eigenvalue weighted by atomic mass is 32.2. The first-order valence-electron chi connectivity index (χ1n) is 9.94. The molecule has 2 N–H and O–H groups in total. The number of carbonyl (C=O) groups excluding carboxylic acids is 2. The highest BCUT2D eigenvalue weighted by molar-refractivity contribution is 7.99. The molecule has 0 saturated carbocycles. The summed E-state index contributed by atoms with van der Waals surface area (Å²) in [6.45, 7) is 6.18. The second-order valence-corrected chi connectivity index (χ2v) is 7.90. The Bertz CT molecular complexity index is 1080. The Morgan fingerprint density at radius 1 is 1.03 bits per heavy atom. The average Bonchev–Trinajstić information content (AvgIpc) is 3.16. The van der Waals surface area contributed by atoms with Crippen molar-refractivity contribution in [3.8, 4) is 5.75 Å². The topological polar surface area (TPSA) is 98.1 Å². The number of ether oxygens (including phenoxy) is 1. The summed E-state index contributed by atoms with van der Waals surface area (Å²) in [6.07, 6.45) is 1.74. The first-order chi connectivity index (χ1) is 15.5. The monoisotopic (exact) mass is 451 g/mol. The minimum Gasteiger partial charge on any atom is -0.497 e. The third kappa shape index (κ3) is 6.45. The van der Waals surface area contributed by atoms with Crippen LogP contribution in [0.1, 0.15) is 11.4 Å². The number of carbonyl (C=O) groups is 2. The van der Waals surface area contributed by atoms with E-state index in [1.807, 2.05) is 31.2 Å². The van der Waals surface area contributed by atoms with Crippen LogP contribution < -0.4 is 15.4 Å². The van der Waals surface area contributed by atoms with Gasteiger partial charge in [0.2, 0.25) is 11.8 Å². The lowest BCUT2D eigenvalue weighted by atomic mass is 10.2. The molecular weight excluding hydrogens is 426 g/mol. The normalized spacial score (nSPS) is 10.4. The second kappa shape index (κ2) is 11.1. The number of hydrogen-bond acceptors (Lipinski definition) is 6. The van der Waals surface area contributed by atoms with Gasteiger partial charge in [-0.15, -0.1) is 16.8 Å². The molecule has 1 aromatic heterocycles. The van der Waals surface area contributed by atoms with Crippen molar-refractivity contribution >= 4 is 35.0 Å². The number of nitrogens with zero attached hydrogens (tertiary/aromatic N) is 3. The number of hydrogen-bond donors (Lipinski definition) is 2. The molecule has 2 amide bonds. The van der Waals surface area contributed by atoms with E-state index in [1.54, 1.807) is 42.0 Å². The lowest BCUT2D eigenvalue weighted by Crippen LogP contribution is -2.18. The van der Waals surface area contributed by atoms with Crippen molar-refractivity contribution in [3.63, 3.8) is 0 Å². The molecule has 1 heterocycles. The highest BCUT2D eigenvalue weighted by Gasteiger charge is 2.16. The average molecular weight is 452 g/mol. The van der Waals surface area contributed by atoms with Crippen molar-refractivity contribution in [1.29, 1.82) is 0 Å². The molecule has 3 rings (SSSR count). The molecule has 0 spiro atoms. The third-order valence-electron chi connectivity index (χ3n) is 4.47. The van der Waals surface area contributed by atoms with Crippen molar-refractivity contribution in [3.05, 3.63) is 72.6 Å². The van der Waals surface area contributed by atoms with Gasteiger partial charge in [-0.25, -0.2) is 0 Å². The van der Waals surface area contributed by atoms with Crippen LogP contribution in [0.25, 0.3) is 0 Å². The largest absolute Gasteiger partial charge is 0.497 e. The third-order valence-corrected chi connectivity index (χ3v) is 5.43. The highest BCUT2D eigenvalue weighted by Crippen LogP contribution is 2.19. The van der Waals surface area contributed by atoms with Crippen molar-refractivity contribution in [1.82, 2.24) is 14.8 Å². The number of anilines is 2. The van der Waals surface area contributed by atoms with Gasteiger partial charge in [0.25, 0.3) is 0 Å². The van der Waals surface area contributed by atoms with Gasteiger partial charge in [0.1, 0.15) is 11.6 Å². The lowest BCUT2D eigenvalue weighted by Gasteiger charge is -2.09. The number of amides is 2. The quantitative estimate of drug-likeness (QED) is 0.360. The molecule has 0 unspecified atom stereocenters. The summed E-state index contributed by atoms with van der Waals surface area (Å²) in [4.78, 5) is 24.8. The molecular formula is C23H25N5O3S. The fourth-order valence-electron chi connectivity index (χ4n) is 2.86. The van der Waals surface area contributed by atoms with E-state index in [0.717, 1.165) is 11.3 Å². The Morgan fingerprint density at radius 2 is 1.66 bits per heavy atom. The van der Waals surface area contributed by atoms with Crippen molar-refractivity contribution in [2.24, 2.45) is 0 Å². The Kier molecular flexibility index (Phi) is 8.04. The second-order valence-electron chi connectivity index (χ2n) is 6.95. The minimum atomic E-state index is -0.221. The van der Waals surface area contributed by atoms with E-state index in [0.29, 0.717) is 29.0 Å². The van der Waals surface area contributed by atoms with Gasteiger partial charge in [0.15, 0.2) is 5.16 Å². The smallest absolute Gasteiger partial charge is 0.234 e. The summed E-state index contributed by atoms with van der Waals surface area (Å²) in [5, 5.41) is 14.5. The van der Waals surface area contributed by atoms with Crippen LogP contribution in [0.2, 0.25) is 0 Å². The van der Waals surface area contributed by atoms with Crippen molar-refractivity contribution < 1.29 is 14.3 Å². The van der Waals surface area contributed by atoms with Gasteiger partial charge < -0.3 is 19.9 Å². The minimum absolute atomic E-state index is 0.0446. The number of aryl methyl sites for hydroxylation is 1. The molecule has 32 heavy (non-hydrogen) atoms. The summed E-state index contributed by atoms with van der Waals surface area (Å²) in [6, 6.07) is 14.7. The molecule has 0 bridgehead atoms. The Balaban J connectivity index is 1.59. The Labute approximate surface area is 191 Å². The zero-order chi connectivity index (χ0) is 22.9. The summed E-state index contributed by atoms with van der Waals surface area (Å²) < 4.78 is 6.90. The number of methoxy groups -OCH3 is 1. The first-order valence-corrected chi connectivity index (χ1v) is 10.9. The molecule has 0 fully saturated rings. The Morgan fingerprint density at radius 3 is 2.28 bits per heavy atom. The van der Waals surface area contributed by atoms with Gasteiger partial charge in [0.05, 0.1) is 19.3 Å². The summed E-state index contributed by atoms with van der Waals surface area (Å²) in [7, 11) is 1.59. The molecule has 2 aromatic carbocycles. The van der Waals surface area contributed by atoms with Gasteiger partial charge in [0, 0.05) is 17.9 Å². The fourth-order valence-corrected chi connectivity index (χ4v) is 3.62. The van der Waals surface area contributed by atoms with Gasteiger partial charge in [-0.05, 0) is 43.3 Å². The molecule has 166 valence electrons. The number of aromatic nitrogens is 3. The molecule has 8 nitrogen and oxygen atoms in total. The maximum Gasteiger partial charge on any atom is 0.234 e. The zero-order valence-corrected chi connectivity index (χ0v) is 18.8. The predicted octanol–water partition coefficient (Wildman–Crippen LogP) is 3.69. The number of allylic oxidation sites excluding steroid dienone is 1. The number of nitrogens with one attached hydrogen (secondary N) is 2. The summed E-state index contributed by atoms with van der Waals surface area (Å²) >= 11 is 1.26.